The van der Waals surface area contributed by atoms with E-state index in [2.05, 4.69) is 9.97 Å². The molecule has 2 N–H and O–H groups in total. The molecule has 0 amide bonds. The first-order valence-corrected chi connectivity index (χ1v) is 10.7. The molecule has 0 aliphatic heterocycles. The van der Waals surface area contributed by atoms with Gasteiger partial charge in [0.1, 0.15) is 22.5 Å². The Balaban J connectivity index is 1.49. The fraction of sp³-hybridized carbons (Fsp3) is 0.111. The average molecular weight is 437 g/mol. The molecule has 2 aromatic heterocycles. The Morgan fingerprint density at radius 1 is 0.636 bits per heavy atom. The zero-order chi connectivity index (χ0) is 22.6. The number of nitrogens with zero attached hydrogens (tertiary/aromatic N) is 3. The summed E-state index contributed by atoms with van der Waals surface area (Å²) in [5.41, 5.74) is 4.18. The van der Waals surface area contributed by atoms with Gasteiger partial charge in [-0.15, -0.1) is 0 Å². The van der Waals surface area contributed by atoms with Crippen molar-refractivity contribution in [3.63, 3.8) is 0 Å². The van der Waals surface area contributed by atoms with Crippen molar-refractivity contribution >= 4 is 21.8 Å². The molecule has 5 rings (SSSR count). The molecule has 6 nitrogen and oxygen atoms in total. The van der Waals surface area contributed by atoms with Crippen LogP contribution in [0.1, 0.15) is 16.7 Å². The van der Waals surface area contributed by atoms with Gasteiger partial charge < -0.3 is 10.2 Å². The van der Waals surface area contributed by atoms with Gasteiger partial charge >= 0.3 is 0 Å². The summed E-state index contributed by atoms with van der Waals surface area (Å²) in [6, 6.07) is 24.8. The van der Waals surface area contributed by atoms with E-state index in [9.17, 15) is 10.2 Å². The smallest absolute Gasteiger partial charge is 0.141 e. The van der Waals surface area contributed by atoms with Crippen molar-refractivity contribution in [2.24, 2.45) is 0 Å². The van der Waals surface area contributed by atoms with E-state index in [4.69, 9.17) is 4.84 Å². The van der Waals surface area contributed by atoms with Crippen LogP contribution in [0.5, 0.6) is 11.5 Å². The highest BCUT2D eigenvalue weighted by Gasteiger charge is 2.15. The molecular formula is C27H23N3O3. The maximum Gasteiger partial charge on any atom is 0.141 e. The van der Waals surface area contributed by atoms with Crippen molar-refractivity contribution in [1.82, 2.24) is 15.0 Å². The lowest BCUT2D eigenvalue weighted by Gasteiger charge is -2.24. The van der Waals surface area contributed by atoms with Gasteiger partial charge in [-0.25, -0.2) is 0 Å². The summed E-state index contributed by atoms with van der Waals surface area (Å²) in [6.07, 6.45) is 3.34. The Kier molecular flexibility index (Phi) is 5.85. The summed E-state index contributed by atoms with van der Waals surface area (Å²) in [6.45, 7) is 1.39. The molecular weight excluding hydrogens is 414 g/mol. The zero-order valence-corrected chi connectivity index (χ0v) is 17.9. The molecule has 164 valence electrons. The van der Waals surface area contributed by atoms with Gasteiger partial charge in [0.2, 0.25) is 0 Å². The highest BCUT2D eigenvalue weighted by molar-refractivity contribution is 5.88. The number of phenols is 2. The Labute approximate surface area is 191 Å². The van der Waals surface area contributed by atoms with E-state index in [-0.39, 0.29) is 11.5 Å². The van der Waals surface area contributed by atoms with Gasteiger partial charge in [0.15, 0.2) is 0 Å². The summed E-state index contributed by atoms with van der Waals surface area (Å²) in [7, 11) is 0. The maximum atomic E-state index is 10.2. The van der Waals surface area contributed by atoms with Crippen LogP contribution in [-0.4, -0.2) is 25.2 Å². The first-order chi connectivity index (χ1) is 16.2. The average Bonchev–Trinajstić information content (AvgIpc) is 2.87. The highest BCUT2D eigenvalue weighted by atomic mass is 16.7. The topological polar surface area (TPSA) is 78.7 Å². The van der Waals surface area contributed by atoms with Crippen molar-refractivity contribution in [1.29, 1.82) is 0 Å². The second kappa shape index (κ2) is 9.24. The molecule has 3 aromatic carbocycles. The van der Waals surface area contributed by atoms with Crippen LogP contribution in [0.2, 0.25) is 0 Å². The van der Waals surface area contributed by atoms with Crippen LogP contribution in [0.4, 0.5) is 0 Å². The first-order valence-electron chi connectivity index (χ1n) is 10.7. The third kappa shape index (κ3) is 4.48. The van der Waals surface area contributed by atoms with Crippen molar-refractivity contribution in [3.8, 4) is 11.5 Å². The summed E-state index contributed by atoms with van der Waals surface area (Å²) in [5.74, 6) is 0.309. The quantitative estimate of drug-likeness (QED) is 0.335. The lowest BCUT2D eigenvalue weighted by Crippen LogP contribution is -2.23. The normalized spacial score (nSPS) is 11.4. The molecule has 0 aliphatic carbocycles. The number of benzene rings is 3. The summed E-state index contributed by atoms with van der Waals surface area (Å²) >= 11 is 0. The fourth-order valence-electron chi connectivity index (χ4n) is 3.98. The van der Waals surface area contributed by atoms with Gasteiger partial charge in [-0.2, -0.15) is 5.06 Å². The van der Waals surface area contributed by atoms with Gasteiger partial charge in [0.05, 0.1) is 19.7 Å². The number of rotatable bonds is 7. The Bertz CT molecular complexity index is 1320. The molecule has 0 saturated heterocycles. The summed E-state index contributed by atoms with van der Waals surface area (Å²) in [5, 5.41) is 24.1. The molecule has 0 atom stereocenters. The number of hydrogen-bond acceptors (Lipinski definition) is 6. The number of hydroxylamine groups is 2. The van der Waals surface area contributed by atoms with Crippen molar-refractivity contribution in [2.75, 3.05) is 0 Å². The third-order valence-corrected chi connectivity index (χ3v) is 5.63. The van der Waals surface area contributed by atoms with E-state index in [0.717, 1.165) is 27.5 Å². The number of hydrogen-bond donors (Lipinski definition) is 2. The molecule has 0 radical (unpaired) electrons. The molecule has 0 unspecified atom stereocenters. The SMILES string of the molecule is Oc1ccc(CN(Cc2ccc(O)c3ncccc23)OCc2ccccc2)c2cccnc12. The van der Waals surface area contributed by atoms with Crippen LogP contribution >= 0.6 is 0 Å². The number of pyridine rings is 2. The predicted octanol–water partition coefficient (Wildman–Crippen LogP) is 5.33. The Morgan fingerprint density at radius 3 is 1.73 bits per heavy atom. The van der Waals surface area contributed by atoms with E-state index >= 15 is 0 Å². The van der Waals surface area contributed by atoms with E-state index in [1.165, 1.54) is 0 Å². The Hall–Kier alpha value is -4.00. The van der Waals surface area contributed by atoms with E-state index in [1.54, 1.807) is 24.5 Å². The lowest BCUT2D eigenvalue weighted by molar-refractivity contribution is -0.183. The molecule has 0 fully saturated rings. The van der Waals surface area contributed by atoms with Crippen LogP contribution in [0.15, 0.2) is 91.3 Å². The van der Waals surface area contributed by atoms with E-state index in [0.29, 0.717) is 30.7 Å². The third-order valence-electron chi connectivity index (χ3n) is 5.63. The van der Waals surface area contributed by atoms with Crippen molar-refractivity contribution in [3.05, 3.63) is 108 Å². The largest absolute Gasteiger partial charge is 0.506 e. The minimum absolute atomic E-state index is 0.154. The second-order valence-corrected chi connectivity index (χ2v) is 7.84. The van der Waals surface area contributed by atoms with Gasteiger partial charge in [-0.1, -0.05) is 54.6 Å². The van der Waals surface area contributed by atoms with Gasteiger partial charge in [0, 0.05) is 23.2 Å². The van der Waals surface area contributed by atoms with E-state index < -0.39 is 0 Å². The minimum Gasteiger partial charge on any atom is -0.506 e. The number of aromatic nitrogens is 2. The molecule has 0 saturated carbocycles. The molecule has 5 aromatic rings. The van der Waals surface area contributed by atoms with Crippen LogP contribution in [0, 0.1) is 0 Å². The zero-order valence-electron chi connectivity index (χ0n) is 17.9. The number of phenolic OH excluding ortho intramolecular Hbond substituents is 2. The monoisotopic (exact) mass is 437 g/mol. The second-order valence-electron chi connectivity index (χ2n) is 7.84. The molecule has 33 heavy (non-hydrogen) atoms. The molecule has 6 heteroatoms. The maximum absolute atomic E-state index is 10.2. The van der Waals surface area contributed by atoms with Crippen molar-refractivity contribution in [2.45, 2.75) is 19.7 Å². The van der Waals surface area contributed by atoms with E-state index in [1.807, 2.05) is 71.8 Å². The highest BCUT2D eigenvalue weighted by Crippen LogP contribution is 2.29. The molecule has 0 aliphatic rings. The predicted molar refractivity (Wildman–Crippen MR) is 127 cm³/mol. The first kappa shape index (κ1) is 20.9. The van der Waals surface area contributed by atoms with Crippen LogP contribution in [0.3, 0.4) is 0 Å². The molecule has 0 bridgehead atoms. The van der Waals surface area contributed by atoms with Gasteiger partial charge in [0.25, 0.3) is 0 Å². The molecule has 2 heterocycles. The minimum atomic E-state index is 0.154. The summed E-state index contributed by atoms with van der Waals surface area (Å²) in [4.78, 5) is 14.9. The van der Waals surface area contributed by atoms with Crippen molar-refractivity contribution < 1.29 is 15.1 Å². The van der Waals surface area contributed by atoms with Crippen LogP contribution < -0.4 is 0 Å². The van der Waals surface area contributed by atoms with Gasteiger partial charge in [-0.05, 0) is 41.0 Å². The molecule has 0 spiro atoms. The van der Waals surface area contributed by atoms with Crippen LogP contribution in [0.25, 0.3) is 21.8 Å². The summed E-state index contributed by atoms with van der Waals surface area (Å²) < 4.78 is 0. The number of fused-ring (bicyclic) bond motifs is 2. The standard InChI is InChI=1S/C27H23N3O3/c31-24-12-10-20(22-8-4-14-28-26(22)24)16-30(33-18-19-6-2-1-3-7-19)17-21-11-13-25(32)27-23(21)9-5-15-29-27/h1-15,31-32H,16-18H2. The number of aromatic hydroxyl groups is 2. The Morgan fingerprint density at radius 2 is 1.18 bits per heavy atom. The van der Waals surface area contributed by atoms with Crippen LogP contribution in [-0.2, 0) is 24.5 Å². The fourth-order valence-corrected chi connectivity index (χ4v) is 3.98. The van der Waals surface area contributed by atoms with Gasteiger partial charge in [-0.3, -0.25) is 14.8 Å². The lowest BCUT2D eigenvalue weighted by atomic mass is 10.1.